The Morgan fingerprint density at radius 3 is 2.38 bits per heavy atom. The summed E-state index contributed by atoms with van der Waals surface area (Å²) in [7, 11) is 0. The molecular formula is C16H21NO4. The average molecular weight is 291 g/mol. The summed E-state index contributed by atoms with van der Waals surface area (Å²) >= 11 is 0. The summed E-state index contributed by atoms with van der Waals surface area (Å²) in [6, 6.07) is 2.81. The molecule has 5 nitrogen and oxygen atoms in total. The summed E-state index contributed by atoms with van der Waals surface area (Å²) < 4.78 is 5.15. The predicted molar refractivity (Wildman–Crippen MR) is 76.3 cm³/mol. The lowest BCUT2D eigenvalue weighted by Gasteiger charge is -2.45. The molecule has 1 aliphatic heterocycles. The minimum Gasteiger partial charge on any atom is -0.475 e. The highest BCUT2D eigenvalue weighted by Gasteiger charge is 2.38. The zero-order valence-electron chi connectivity index (χ0n) is 12.1. The number of carbonyl (C=O) groups excluding carboxylic acids is 1. The Morgan fingerprint density at radius 2 is 1.71 bits per heavy atom. The molecule has 1 aromatic heterocycles. The summed E-state index contributed by atoms with van der Waals surface area (Å²) in [5.41, 5.74) is 0.286. The number of carboxylic acids is 1. The standard InChI is InChI=1S/C16H21NO4/c18-14(12-5-6-13(21-12)15(19)20)17-10-4-9-16(11-17)7-2-1-3-8-16/h5-6H,1-4,7-11H2,(H,19,20). The quantitative estimate of drug-likeness (QED) is 0.908. The van der Waals surface area contributed by atoms with Crippen LogP contribution in [0.5, 0.6) is 0 Å². The van der Waals surface area contributed by atoms with Crippen LogP contribution in [0.2, 0.25) is 0 Å². The number of hydrogen-bond acceptors (Lipinski definition) is 3. The normalized spacial score (nSPS) is 21.4. The highest BCUT2D eigenvalue weighted by Crippen LogP contribution is 2.43. The van der Waals surface area contributed by atoms with E-state index >= 15 is 0 Å². The second kappa shape index (κ2) is 5.54. The van der Waals surface area contributed by atoms with Gasteiger partial charge < -0.3 is 14.4 Å². The first-order valence-corrected chi connectivity index (χ1v) is 7.72. The van der Waals surface area contributed by atoms with Gasteiger partial charge >= 0.3 is 5.97 Å². The van der Waals surface area contributed by atoms with Crippen LogP contribution in [-0.2, 0) is 0 Å². The predicted octanol–water partition coefficient (Wildman–Crippen LogP) is 3.16. The molecule has 1 saturated carbocycles. The van der Waals surface area contributed by atoms with Crippen LogP contribution in [0.25, 0.3) is 0 Å². The molecule has 0 atom stereocenters. The number of carboxylic acid groups (broad SMARTS) is 1. The lowest BCUT2D eigenvalue weighted by atomic mass is 9.69. The third-order valence-corrected chi connectivity index (χ3v) is 4.89. The van der Waals surface area contributed by atoms with Gasteiger partial charge in [0.1, 0.15) is 0 Å². The van der Waals surface area contributed by atoms with E-state index < -0.39 is 5.97 Å². The summed E-state index contributed by atoms with van der Waals surface area (Å²) in [4.78, 5) is 25.2. The fourth-order valence-electron chi connectivity index (χ4n) is 3.81. The van der Waals surface area contributed by atoms with Crippen molar-refractivity contribution in [3.05, 3.63) is 23.7 Å². The van der Waals surface area contributed by atoms with Crippen LogP contribution < -0.4 is 0 Å². The average Bonchev–Trinajstić information content (AvgIpc) is 2.97. The summed E-state index contributed by atoms with van der Waals surface area (Å²) in [6.45, 7) is 1.53. The van der Waals surface area contributed by atoms with Gasteiger partial charge in [-0.15, -0.1) is 0 Å². The van der Waals surface area contributed by atoms with Crippen LogP contribution in [0, 0.1) is 5.41 Å². The molecule has 2 heterocycles. The molecule has 0 bridgehead atoms. The van der Waals surface area contributed by atoms with E-state index in [1.807, 2.05) is 4.90 Å². The Kier molecular flexibility index (Phi) is 3.74. The molecule has 5 heteroatoms. The highest BCUT2D eigenvalue weighted by atomic mass is 16.4. The van der Waals surface area contributed by atoms with E-state index in [0.29, 0.717) is 0 Å². The van der Waals surface area contributed by atoms with Crippen molar-refractivity contribution in [1.29, 1.82) is 0 Å². The Hall–Kier alpha value is -1.78. The maximum absolute atomic E-state index is 12.5. The highest BCUT2D eigenvalue weighted by molar-refractivity contribution is 5.93. The number of carbonyl (C=O) groups is 2. The molecule has 1 saturated heterocycles. The first-order chi connectivity index (χ1) is 10.1. The van der Waals surface area contributed by atoms with Gasteiger partial charge in [0.2, 0.25) is 5.76 Å². The number of furan rings is 1. The lowest BCUT2D eigenvalue weighted by molar-refractivity contribution is 0.0357. The van der Waals surface area contributed by atoms with E-state index in [1.165, 1.54) is 50.7 Å². The van der Waals surface area contributed by atoms with Gasteiger partial charge in [-0.2, -0.15) is 0 Å². The van der Waals surface area contributed by atoms with Crippen LogP contribution in [0.1, 0.15) is 66.1 Å². The summed E-state index contributed by atoms with van der Waals surface area (Å²) in [5, 5.41) is 8.87. The topological polar surface area (TPSA) is 70.8 Å². The van der Waals surface area contributed by atoms with Gasteiger partial charge in [0.15, 0.2) is 5.76 Å². The van der Waals surface area contributed by atoms with Gasteiger partial charge in [-0.1, -0.05) is 19.3 Å². The molecule has 2 fully saturated rings. The maximum Gasteiger partial charge on any atom is 0.371 e. The lowest BCUT2D eigenvalue weighted by Crippen LogP contribution is -2.46. The molecule has 1 spiro atoms. The Balaban J connectivity index is 1.73. The monoisotopic (exact) mass is 291 g/mol. The molecule has 0 unspecified atom stereocenters. The molecule has 0 radical (unpaired) electrons. The number of hydrogen-bond donors (Lipinski definition) is 1. The van der Waals surface area contributed by atoms with Gasteiger partial charge in [-0.25, -0.2) is 4.79 Å². The van der Waals surface area contributed by atoms with Crippen molar-refractivity contribution in [1.82, 2.24) is 4.90 Å². The summed E-state index contributed by atoms with van der Waals surface area (Å²) in [6.07, 6.45) is 8.45. The van der Waals surface area contributed by atoms with Crippen molar-refractivity contribution >= 4 is 11.9 Å². The van der Waals surface area contributed by atoms with E-state index in [-0.39, 0.29) is 22.8 Å². The van der Waals surface area contributed by atoms with Gasteiger partial charge in [0.05, 0.1) is 0 Å². The van der Waals surface area contributed by atoms with Crippen LogP contribution in [0.3, 0.4) is 0 Å². The van der Waals surface area contributed by atoms with Gasteiger partial charge in [0.25, 0.3) is 5.91 Å². The molecular weight excluding hydrogens is 270 g/mol. The van der Waals surface area contributed by atoms with Crippen molar-refractivity contribution in [2.45, 2.75) is 44.9 Å². The van der Waals surface area contributed by atoms with E-state index in [1.54, 1.807) is 0 Å². The molecule has 1 aromatic rings. The Labute approximate surface area is 123 Å². The van der Waals surface area contributed by atoms with Crippen molar-refractivity contribution in [3.63, 3.8) is 0 Å². The zero-order valence-corrected chi connectivity index (χ0v) is 12.1. The number of rotatable bonds is 2. The molecule has 1 aliphatic carbocycles. The van der Waals surface area contributed by atoms with Crippen LogP contribution in [0.4, 0.5) is 0 Å². The van der Waals surface area contributed by atoms with Gasteiger partial charge in [-0.05, 0) is 43.2 Å². The first kappa shape index (κ1) is 14.2. The second-order valence-electron chi connectivity index (χ2n) is 6.36. The first-order valence-electron chi connectivity index (χ1n) is 7.72. The third-order valence-electron chi connectivity index (χ3n) is 4.89. The molecule has 2 aliphatic rings. The van der Waals surface area contributed by atoms with E-state index in [9.17, 15) is 9.59 Å². The van der Waals surface area contributed by atoms with E-state index in [2.05, 4.69) is 0 Å². The van der Waals surface area contributed by atoms with Crippen molar-refractivity contribution in [3.8, 4) is 0 Å². The maximum atomic E-state index is 12.5. The minimum atomic E-state index is -1.14. The van der Waals surface area contributed by atoms with Crippen molar-refractivity contribution in [2.75, 3.05) is 13.1 Å². The minimum absolute atomic E-state index is 0.139. The van der Waals surface area contributed by atoms with E-state index in [0.717, 1.165) is 19.5 Å². The zero-order chi connectivity index (χ0) is 14.9. The van der Waals surface area contributed by atoms with Gasteiger partial charge in [0, 0.05) is 13.1 Å². The molecule has 1 N–H and O–H groups in total. The number of amides is 1. The molecule has 114 valence electrons. The van der Waals surface area contributed by atoms with Crippen LogP contribution in [0.15, 0.2) is 16.5 Å². The number of likely N-dealkylation sites (tertiary alicyclic amines) is 1. The largest absolute Gasteiger partial charge is 0.475 e. The summed E-state index contributed by atoms with van der Waals surface area (Å²) in [5.74, 6) is -1.36. The number of piperidine rings is 1. The smallest absolute Gasteiger partial charge is 0.371 e. The van der Waals surface area contributed by atoms with E-state index in [4.69, 9.17) is 9.52 Å². The molecule has 3 rings (SSSR count). The van der Waals surface area contributed by atoms with Crippen LogP contribution in [-0.4, -0.2) is 35.0 Å². The fraction of sp³-hybridized carbons (Fsp3) is 0.625. The Morgan fingerprint density at radius 1 is 1.05 bits per heavy atom. The van der Waals surface area contributed by atoms with Crippen molar-refractivity contribution < 1.29 is 19.1 Å². The molecule has 21 heavy (non-hydrogen) atoms. The SMILES string of the molecule is O=C(O)c1ccc(C(=O)N2CCCC3(CCCCC3)C2)o1. The van der Waals surface area contributed by atoms with Crippen molar-refractivity contribution in [2.24, 2.45) is 5.41 Å². The molecule has 0 aromatic carbocycles. The van der Waals surface area contributed by atoms with Gasteiger partial charge in [-0.3, -0.25) is 4.79 Å². The number of nitrogens with zero attached hydrogens (tertiary/aromatic N) is 1. The third kappa shape index (κ3) is 2.82. The molecule has 1 amide bonds. The Bertz CT molecular complexity index is 537. The number of aromatic carboxylic acids is 1. The fourth-order valence-corrected chi connectivity index (χ4v) is 3.81. The van der Waals surface area contributed by atoms with Crippen LogP contribution >= 0.6 is 0 Å². The second-order valence-corrected chi connectivity index (χ2v) is 6.36.